The molecule has 2 rings (SSSR count). The summed E-state index contributed by atoms with van der Waals surface area (Å²) in [5.41, 5.74) is 0.915. The highest BCUT2D eigenvalue weighted by Crippen LogP contribution is 2.27. The first-order valence-electron chi connectivity index (χ1n) is 6.29. The minimum Gasteiger partial charge on any atom is -0.483 e. The predicted octanol–water partition coefficient (Wildman–Crippen LogP) is 1.60. The third-order valence-electron chi connectivity index (χ3n) is 3.01. The number of carbonyl (C=O) groups excluding carboxylic acids is 1. The Hall–Kier alpha value is -2.04. The van der Waals surface area contributed by atoms with Gasteiger partial charge in [0.1, 0.15) is 11.3 Å². The molecule has 0 aliphatic heterocycles. The van der Waals surface area contributed by atoms with Gasteiger partial charge in [0, 0.05) is 6.54 Å². The molecule has 0 unspecified atom stereocenters. The number of carboxylic acids is 1. The largest absolute Gasteiger partial charge is 0.483 e. The highest BCUT2D eigenvalue weighted by Gasteiger charge is 2.21. The second kappa shape index (κ2) is 5.73. The van der Waals surface area contributed by atoms with E-state index < -0.39 is 5.97 Å². The molecule has 1 amide bonds. The summed E-state index contributed by atoms with van der Waals surface area (Å²) in [5, 5.41) is 11.8. The van der Waals surface area contributed by atoms with Crippen LogP contribution < -0.4 is 10.1 Å². The third-order valence-corrected chi connectivity index (χ3v) is 3.01. The fourth-order valence-corrected chi connectivity index (χ4v) is 1.71. The molecule has 1 aromatic carbocycles. The quantitative estimate of drug-likeness (QED) is 0.817. The van der Waals surface area contributed by atoms with Gasteiger partial charge in [0.25, 0.3) is 5.91 Å². The van der Waals surface area contributed by atoms with Gasteiger partial charge in [-0.3, -0.25) is 4.79 Å². The van der Waals surface area contributed by atoms with Crippen molar-refractivity contribution >= 4 is 11.9 Å². The van der Waals surface area contributed by atoms with Crippen molar-refractivity contribution in [3.05, 3.63) is 29.3 Å². The number of benzene rings is 1. The van der Waals surface area contributed by atoms with Crippen molar-refractivity contribution in [1.29, 1.82) is 0 Å². The van der Waals surface area contributed by atoms with Crippen LogP contribution in [0.3, 0.4) is 0 Å². The second-order valence-electron chi connectivity index (χ2n) is 4.84. The van der Waals surface area contributed by atoms with Crippen molar-refractivity contribution in [3.8, 4) is 5.75 Å². The van der Waals surface area contributed by atoms with Gasteiger partial charge >= 0.3 is 5.97 Å². The number of carboxylic acid groups (broad SMARTS) is 1. The monoisotopic (exact) mass is 263 g/mol. The van der Waals surface area contributed by atoms with Gasteiger partial charge in [0.2, 0.25) is 0 Å². The van der Waals surface area contributed by atoms with Gasteiger partial charge < -0.3 is 15.2 Å². The van der Waals surface area contributed by atoms with Gasteiger partial charge in [0.15, 0.2) is 6.61 Å². The molecule has 2 N–H and O–H groups in total. The Morgan fingerprint density at radius 2 is 2.16 bits per heavy atom. The molecule has 0 saturated heterocycles. The van der Waals surface area contributed by atoms with Crippen molar-refractivity contribution in [1.82, 2.24) is 5.32 Å². The van der Waals surface area contributed by atoms with Crippen molar-refractivity contribution in [2.45, 2.75) is 19.8 Å². The van der Waals surface area contributed by atoms with Crippen LogP contribution in [0.2, 0.25) is 0 Å². The average molecular weight is 263 g/mol. The molecule has 0 spiro atoms. The van der Waals surface area contributed by atoms with Crippen LogP contribution >= 0.6 is 0 Å². The predicted molar refractivity (Wildman–Crippen MR) is 69.4 cm³/mol. The van der Waals surface area contributed by atoms with Crippen LogP contribution in [0.1, 0.15) is 28.8 Å². The van der Waals surface area contributed by atoms with Crippen molar-refractivity contribution in [3.63, 3.8) is 0 Å². The Morgan fingerprint density at radius 3 is 2.79 bits per heavy atom. The summed E-state index contributed by atoms with van der Waals surface area (Å²) in [5.74, 6) is -0.446. The van der Waals surface area contributed by atoms with E-state index in [0.717, 1.165) is 5.56 Å². The number of hydrogen-bond acceptors (Lipinski definition) is 3. The first-order valence-corrected chi connectivity index (χ1v) is 6.29. The van der Waals surface area contributed by atoms with E-state index in [2.05, 4.69) is 5.32 Å². The van der Waals surface area contributed by atoms with Gasteiger partial charge in [-0.1, -0.05) is 11.6 Å². The Balaban J connectivity index is 1.90. The molecule has 0 atom stereocenters. The maximum absolute atomic E-state index is 11.5. The van der Waals surface area contributed by atoms with Crippen LogP contribution in [-0.2, 0) is 4.79 Å². The Kier molecular flexibility index (Phi) is 4.04. The molecule has 5 heteroatoms. The standard InChI is InChI=1S/C14H17NO4/c1-9-2-5-12(11(6-9)14(17)18)19-8-13(16)15-7-10-3-4-10/h2,5-6,10H,3-4,7-8H2,1H3,(H,15,16)(H,17,18). The molecule has 1 saturated carbocycles. The molecule has 0 radical (unpaired) electrons. The molecule has 102 valence electrons. The lowest BCUT2D eigenvalue weighted by atomic mass is 10.1. The molecule has 19 heavy (non-hydrogen) atoms. The molecule has 0 aromatic heterocycles. The molecule has 1 aromatic rings. The lowest BCUT2D eigenvalue weighted by molar-refractivity contribution is -0.123. The van der Waals surface area contributed by atoms with Gasteiger partial charge in [-0.2, -0.15) is 0 Å². The molecule has 1 aliphatic carbocycles. The summed E-state index contributed by atoms with van der Waals surface area (Å²) >= 11 is 0. The van der Waals surface area contributed by atoms with Crippen LogP contribution in [-0.4, -0.2) is 30.1 Å². The summed E-state index contributed by atoms with van der Waals surface area (Å²) in [6, 6.07) is 4.86. The molecular formula is C14H17NO4. The van der Waals surface area contributed by atoms with Crippen LogP contribution in [0.25, 0.3) is 0 Å². The highest BCUT2D eigenvalue weighted by molar-refractivity contribution is 5.91. The minimum atomic E-state index is -1.06. The van der Waals surface area contributed by atoms with Gasteiger partial charge in [-0.25, -0.2) is 4.79 Å². The van der Waals surface area contributed by atoms with E-state index in [1.165, 1.54) is 18.9 Å². The minimum absolute atomic E-state index is 0.0787. The third kappa shape index (κ3) is 3.98. The number of aryl methyl sites for hydroxylation is 1. The number of amides is 1. The van der Waals surface area contributed by atoms with E-state index in [1.807, 2.05) is 0 Å². The van der Waals surface area contributed by atoms with Gasteiger partial charge in [0.05, 0.1) is 0 Å². The topological polar surface area (TPSA) is 75.6 Å². The van der Waals surface area contributed by atoms with E-state index in [4.69, 9.17) is 9.84 Å². The van der Waals surface area contributed by atoms with E-state index in [0.29, 0.717) is 12.5 Å². The van der Waals surface area contributed by atoms with E-state index in [-0.39, 0.29) is 23.8 Å². The Labute approximate surface area is 111 Å². The summed E-state index contributed by atoms with van der Waals surface area (Å²) < 4.78 is 5.28. The zero-order chi connectivity index (χ0) is 13.8. The number of aromatic carboxylic acids is 1. The Morgan fingerprint density at radius 1 is 1.42 bits per heavy atom. The van der Waals surface area contributed by atoms with E-state index in [1.54, 1.807) is 19.1 Å². The number of ether oxygens (including phenoxy) is 1. The van der Waals surface area contributed by atoms with Crippen LogP contribution in [0.4, 0.5) is 0 Å². The number of nitrogens with one attached hydrogen (secondary N) is 1. The Bertz CT molecular complexity index is 494. The first kappa shape index (κ1) is 13.4. The number of hydrogen-bond donors (Lipinski definition) is 2. The summed E-state index contributed by atoms with van der Waals surface area (Å²) in [6.07, 6.45) is 2.34. The second-order valence-corrected chi connectivity index (χ2v) is 4.84. The van der Waals surface area contributed by atoms with Crippen LogP contribution in [0.15, 0.2) is 18.2 Å². The fraction of sp³-hybridized carbons (Fsp3) is 0.429. The van der Waals surface area contributed by atoms with Gasteiger partial charge in [-0.05, 0) is 37.8 Å². The molecule has 5 nitrogen and oxygen atoms in total. The molecule has 0 heterocycles. The van der Waals surface area contributed by atoms with Crippen LogP contribution in [0, 0.1) is 12.8 Å². The first-order chi connectivity index (χ1) is 9.06. The molecule has 1 aliphatic rings. The summed E-state index contributed by atoms with van der Waals surface area (Å²) in [6.45, 7) is 2.33. The summed E-state index contributed by atoms with van der Waals surface area (Å²) in [4.78, 5) is 22.6. The normalized spacial score (nSPS) is 13.9. The maximum atomic E-state index is 11.5. The highest BCUT2D eigenvalue weighted by atomic mass is 16.5. The number of rotatable bonds is 6. The average Bonchev–Trinajstić information content (AvgIpc) is 3.18. The fourth-order valence-electron chi connectivity index (χ4n) is 1.71. The smallest absolute Gasteiger partial charge is 0.339 e. The number of carbonyl (C=O) groups is 2. The molecule has 0 bridgehead atoms. The lowest BCUT2D eigenvalue weighted by Gasteiger charge is -2.10. The molecule has 1 fully saturated rings. The summed E-state index contributed by atoms with van der Waals surface area (Å²) in [7, 11) is 0. The lowest BCUT2D eigenvalue weighted by Crippen LogP contribution is -2.30. The zero-order valence-corrected chi connectivity index (χ0v) is 10.8. The van der Waals surface area contributed by atoms with Crippen molar-refractivity contribution in [2.75, 3.05) is 13.2 Å². The maximum Gasteiger partial charge on any atom is 0.339 e. The van der Waals surface area contributed by atoms with Crippen molar-refractivity contribution in [2.24, 2.45) is 5.92 Å². The van der Waals surface area contributed by atoms with Gasteiger partial charge in [-0.15, -0.1) is 0 Å². The van der Waals surface area contributed by atoms with E-state index >= 15 is 0 Å². The SMILES string of the molecule is Cc1ccc(OCC(=O)NCC2CC2)c(C(=O)O)c1. The van der Waals surface area contributed by atoms with Crippen LogP contribution in [0.5, 0.6) is 5.75 Å². The van der Waals surface area contributed by atoms with E-state index in [9.17, 15) is 9.59 Å². The zero-order valence-electron chi connectivity index (χ0n) is 10.8. The van der Waals surface area contributed by atoms with Crippen molar-refractivity contribution < 1.29 is 19.4 Å². The molecular weight excluding hydrogens is 246 g/mol.